The third kappa shape index (κ3) is 3.03. The summed E-state index contributed by atoms with van der Waals surface area (Å²) in [6.45, 7) is 7.11. The molecule has 4 heteroatoms. The largest absolute Gasteiger partial charge is 0.310 e. The first-order valence-corrected chi connectivity index (χ1v) is 5.60. The molecule has 0 saturated heterocycles. The highest BCUT2D eigenvalue weighted by atomic mass is 16.1. The summed E-state index contributed by atoms with van der Waals surface area (Å²) in [4.78, 5) is 11.5. The van der Waals surface area contributed by atoms with Crippen LogP contribution in [0.1, 0.15) is 18.5 Å². The van der Waals surface area contributed by atoms with E-state index in [1.807, 2.05) is 6.92 Å². The first-order chi connectivity index (χ1) is 7.65. The summed E-state index contributed by atoms with van der Waals surface area (Å²) in [5.74, 6) is 0. The molecule has 1 heterocycles. The molecule has 0 aliphatic heterocycles. The third-order valence-corrected chi connectivity index (χ3v) is 2.59. The minimum absolute atomic E-state index is 0.0711. The smallest absolute Gasteiger partial charge is 0.267 e. The van der Waals surface area contributed by atoms with Crippen molar-refractivity contribution in [1.82, 2.24) is 15.1 Å². The highest BCUT2D eigenvalue weighted by Crippen LogP contribution is 2.18. The zero-order chi connectivity index (χ0) is 11.5. The summed E-state index contributed by atoms with van der Waals surface area (Å²) in [7, 11) is 0. The summed E-state index contributed by atoms with van der Waals surface area (Å²) in [6, 6.07) is 3.94. The third-order valence-electron chi connectivity index (χ3n) is 2.59. The maximum absolute atomic E-state index is 11.5. The summed E-state index contributed by atoms with van der Waals surface area (Å²) in [5.41, 5.74) is 1.77. The Morgan fingerprint density at radius 1 is 1.62 bits per heavy atom. The van der Waals surface area contributed by atoms with E-state index in [1.165, 1.54) is 17.5 Å². The molecule has 0 unspecified atom stereocenters. The number of rotatable bonds is 5. The number of aryl methyl sites for hydroxylation is 1. The number of hydrogen-bond donors (Lipinski definition) is 1. The van der Waals surface area contributed by atoms with E-state index in [0.29, 0.717) is 12.6 Å². The van der Waals surface area contributed by atoms with Crippen molar-refractivity contribution in [3.8, 4) is 0 Å². The Hall–Kier alpha value is -1.42. The summed E-state index contributed by atoms with van der Waals surface area (Å²) < 4.78 is 1.46. The molecule has 86 valence electrons. The van der Waals surface area contributed by atoms with Crippen LogP contribution in [0, 0.1) is 6.92 Å². The number of aromatic nitrogens is 2. The van der Waals surface area contributed by atoms with E-state index in [4.69, 9.17) is 0 Å². The van der Waals surface area contributed by atoms with Gasteiger partial charge in [-0.3, -0.25) is 4.79 Å². The second-order valence-electron chi connectivity index (χ2n) is 4.38. The van der Waals surface area contributed by atoms with Gasteiger partial charge in [0.2, 0.25) is 0 Å². The molecule has 4 nitrogen and oxygen atoms in total. The molecule has 1 aromatic heterocycles. The molecule has 1 fully saturated rings. The lowest BCUT2D eigenvalue weighted by Gasteiger charge is -2.08. The van der Waals surface area contributed by atoms with Gasteiger partial charge in [0.1, 0.15) is 0 Å². The highest BCUT2D eigenvalue weighted by Gasteiger charge is 2.20. The molecule has 0 spiro atoms. The zero-order valence-electron chi connectivity index (χ0n) is 9.57. The molecule has 1 aliphatic carbocycles. The maximum Gasteiger partial charge on any atom is 0.267 e. The van der Waals surface area contributed by atoms with Gasteiger partial charge in [0.05, 0.1) is 12.2 Å². The Bertz CT molecular complexity index is 446. The minimum Gasteiger partial charge on any atom is -0.310 e. The lowest BCUT2D eigenvalue weighted by Crippen LogP contribution is -2.27. The fraction of sp³-hybridized carbons (Fsp3) is 0.500. The average molecular weight is 219 g/mol. The lowest BCUT2D eigenvalue weighted by atomic mass is 10.3. The molecule has 0 bridgehead atoms. The molecule has 1 saturated carbocycles. The molecule has 1 N–H and O–H groups in total. The van der Waals surface area contributed by atoms with Crippen LogP contribution in [0.5, 0.6) is 0 Å². The van der Waals surface area contributed by atoms with Crippen LogP contribution in [-0.4, -0.2) is 22.4 Å². The van der Waals surface area contributed by atoms with Gasteiger partial charge in [-0.1, -0.05) is 6.58 Å². The van der Waals surface area contributed by atoms with Crippen molar-refractivity contribution in [2.24, 2.45) is 0 Å². The van der Waals surface area contributed by atoms with Crippen LogP contribution in [0.2, 0.25) is 0 Å². The van der Waals surface area contributed by atoms with Crippen molar-refractivity contribution in [2.75, 3.05) is 6.54 Å². The summed E-state index contributed by atoms with van der Waals surface area (Å²) in [5, 5.41) is 7.54. The Labute approximate surface area is 95.0 Å². The standard InChI is InChI=1S/C12H17N3O/c1-9(7-13-11-4-5-11)8-15-12(16)6-3-10(2)14-15/h3,6,11,13H,1,4-5,7-8H2,2H3. The fourth-order valence-corrected chi connectivity index (χ4v) is 1.51. The highest BCUT2D eigenvalue weighted by molar-refractivity contribution is 5.02. The van der Waals surface area contributed by atoms with Crippen molar-refractivity contribution in [3.63, 3.8) is 0 Å². The topological polar surface area (TPSA) is 46.9 Å². The predicted molar refractivity (Wildman–Crippen MR) is 63.4 cm³/mol. The van der Waals surface area contributed by atoms with E-state index in [2.05, 4.69) is 17.0 Å². The van der Waals surface area contributed by atoms with Crippen LogP contribution in [0.4, 0.5) is 0 Å². The first kappa shape index (κ1) is 11.1. The van der Waals surface area contributed by atoms with E-state index < -0.39 is 0 Å². The van der Waals surface area contributed by atoms with Gasteiger partial charge >= 0.3 is 0 Å². The van der Waals surface area contributed by atoms with Gasteiger partial charge in [-0.15, -0.1) is 0 Å². The van der Waals surface area contributed by atoms with Gasteiger partial charge in [-0.2, -0.15) is 5.10 Å². The van der Waals surface area contributed by atoms with Crippen molar-refractivity contribution < 1.29 is 0 Å². The minimum atomic E-state index is -0.0711. The molecule has 1 aromatic rings. The number of nitrogens with one attached hydrogen (secondary N) is 1. The monoisotopic (exact) mass is 219 g/mol. The SMILES string of the molecule is C=C(CNC1CC1)Cn1nc(C)ccc1=O. The summed E-state index contributed by atoms with van der Waals surface area (Å²) >= 11 is 0. The Kier molecular flexibility index (Phi) is 3.19. The molecule has 0 amide bonds. The van der Waals surface area contributed by atoms with Gasteiger partial charge in [-0.05, 0) is 31.4 Å². The summed E-state index contributed by atoms with van der Waals surface area (Å²) in [6.07, 6.45) is 2.52. The van der Waals surface area contributed by atoms with E-state index in [-0.39, 0.29) is 5.56 Å². The second kappa shape index (κ2) is 4.61. The maximum atomic E-state index is 11.5. The van der Waals surface area contributed by atoms with Crippen LogP contribution in [0.15, 0.2) is 29.1 Å². The fourth-order valence-electron chi connectivity index (χ4n) is 1.51. The quantitative estimate of drug-likeness (QED) is 0.747. The Morgan fingerprint density at radius 3 is 3.06 bits per heavy atom. The average Bonchev–Trinajstić information content (AvgIpc) is 3.04. The van der Waals surface area contributed by atoms with E-state index >= 15 is 0 Å². The van der Waals surface area contributed by atoms with Crippen LogP contribution < -0.4 is 10.9 Å². The van der Waals surface area contributed by atoms with Gasteiger partial charge in [0.25, 0.3) is 5.56 Å². The molecule has 0 aromatic carbocycles. The second-order valence-corrected chi connectivity index (χ2v) is 4.38. The molecule has 2 rings (SSSR count). The van der Waals surface area contributed by atoms with E-state index in [0.717, 1.165) is 17.8 Å². The molecule has 0 radical (unpaired) electrons. The lowest BCUT2D eigenvalue weighted by molar-refractivity contribution is 0.597. The Morgan fingerprint density at radius 2 is 2.38 bits per heavy atom. The van der Waals surface area contributed by atoms with Crippen LogP contribution >= 0.6 is 0 Å². The molecule has 0 atom stereocenters. The van der Waals surface area contributed by atoms with E-state index in [9.17, 15) is 4.79 Å². The number of nitrogens with zero attached hydrogens (tertiary/aromatic N) is 2. The molecule has 1 aliphatic rings. The molecule has 16 heavy (non-hydrogen) atoms. The van der Waals surface area contributed by atoms with Crippen molar-refractivity contribution in [2.45, 2.75) is 32.4 Å². The van der Waals surface area contributed by atoms with Crippen LogP contribution in [0.3, 0.4) is 0 Å². The Balaban J connectivity index is 1.93. The van der Waals surface area contributed by atoms with Gasteiger partial charge in [0.15, 0.2) is 0 Å². The van der Waals surface area contributed by atoms with Gasteiger partial charge < -0.3 is 5.32 Å². The van der Waals surface area contributed by atoms with Gasteiger partial charge in [0, 0.05) is 18.7 Å². The van der Waals surface area contributed by atoms with Crippen molar-refractivity contribution in [3.05, 3.63) is 40.3 Å². The normalized spacial score (nSPS) is 15.1. The van der Waals surface area contributed by atoms with Crippen LogP contribution in [-0.2, 0) is 6.54 Å². The van der Waals surface area contributed by atoms with Gasteiger partial charge in [-0.25, -0.2) is 4.68 Å². The van der Waals surface area contributed by atoms with Crippen LogP contribution in [0.25, 0.3) is 0 Å². The molecular formula is C12H17N3O. The number of hydrogen-bond acceptors (Lipinski definition) is 3. The van der Waals surface area contributed by atoms with E-state index in [1.54, 1.807) is 12.1 Å². The zero-order valence-corrected chi connectivity index (χ0v) is 9.57. The first-order valence-electron chi connectivity index (χ1n) is 5.60. The predicted octanol–water partition coefficient (Wildman–Crippen LogP) is 0.860. The van der Waals surface area contributed by atoms with Crippen molar-refractivity contribution >= 4 is 0 Å². The molecular weight excluding hydrogens is 202 g/mol. The van der Waals surface area contributed by atoms with Crippen molar-refractivity contribution in [1.29, 1.82) is 0 Å².